The van der Waals surface area contributed by atoms with Crippen LogP contribution in [0.15, 0.2) is 0 Å². The molecule has 0 aromatic rings. The predicted octanol–water partition coefficient (Wildman–Crippen LogP) is 4.94. The Balaban J connectivity index is 0.758. The van der Waals surface area contributed by atoms with Gasteiger partial charge in [-0.1, -0.05) is 6.92 Å². The van der Waals surface area contributed by atoms with Crippen molar-refractivity contribution >= 4 is 5.78 Å². The van der Waals surface area contributed by atoms with Gasteiger partial charge < -0.3 is 71.8 Å². The van der Waals surface area contributed by atoms with E-state index >= 15 is 0 Å². The molecule has 16 nitrogen and oxygen atoms in total. The number of ether oxygens (including phenoxy) is 13. The molecule has 0 unspecified atom stereocenters. The third-order valence-corrected chi connectivity index (χ3v) is 17.8. The summed E-state index contributed by atoms with van der Waals surface area (Å²) in [6.45, 7) is 14.3. The Labute approximate surface area is 379 Å². The molecule has 9 rings (SSSR count). The maximum absolute atomic E-state index is 13.4. The number of Topliss-reactive ketones (excluding diaryl/α,β-unsaturated/α-hetero) is 1. The van der Waals surface area contributed by atoms with E-state index in [-0.39, 0.29) is 60.3 Å². The zero-order valence-electron chi connectivity index (χ0n) is 39.8. The first-order valence-corrected chi connectivity index (χ1v) is 24.6. The normalized spacial score (nSPS) is 55.3. The van der Waals surface area contributed by atoms with Gasteiger partial charge in [-0.15, -0.1) is 0 Å². The van der Waals surface area contributed by atoms with Crippen LogP contribution >= 0.6 is 0 Å². The minimum absolute atomic E-state index is 0.00413. The SMILES string of the molecule is CO[C@H]1C[C@H](O[C@H]2[C@@H](O)C[C@H](O[C@@H]3[C@@H](C)O[C@@H](O[C@@H]4[C@@H](C)O[C@@H](O[C@H]5CC[C@@]6(C)[C@@H](CC[C@@]78O[C@@H](C)[C@@H]9CCC(=O)[C@]9(C)[C@@H](C[C@@H]76)O8)C5)C[C@H]4OC)C[C@H]3OC)O[C@@H]2C)O[C@H](C)[C@H]1O. The molecule has 64 heavy (non-hydrogen) atoms. The van der Waals surface area contributed by atoms with E-state index < -0.39 is 91.3 Å². The molecule has 0 amide bonds. The molecule has 9 aliphatic rings. The summed E-state index contributed by atoms with van der Waals surface area (Å²) >= 11 is 0. The van der Waals surface area contributed by atoms with Gasteiger partial charge in [0, 0.05) is 71.7 Å². The highest BCUT2D eigenvalue weighted by Gasteiger charge is 2.70. The molecule has 3 saturated carbocycles. The zero-order valence-corrected chi connectivity index (χ0v) is 39.8. The molecule has 0 radical (unpaired) electrons. The van der Waals surface area contributed by atoms with Gasteiger partial charge in [-0.05, 0) is 91.4 Å². The molecular formula is C48H78O16. The van der Waals surface area contributed by atoms with E-state index in [4.69, 9.17) is 61.6 Å². The largest absolute Gasteiger partial charge is 0.390 e. The fourth-order valence-corrected chi connectivity index (χ4v) is 14.1. The maximum Gasteiger partial charge on any atom is 0.172 e. The number of methoxy groups -OCH3 is 3. The fraction of sp³-hybridized carbons (Fsp3) is 0.979. The minimum atomic E-state index is -0.884. The van der Waals surface area contributed by atoms with E-state index in [9.17, 15) is 15.0 Å². The van der Waals surface area contributed by atoms with Crippen molar-refractivity contribution in [1.82, 2.24) is 0 Å². The Kier molecular flexibility index (Phi) is 14.1. The molecule has 16 heteroatoms. The van der Waals surface area contributed by atoms with Crippen molar-refractivity contribution in [3.8, 4) is 0 Å². The Morgan fingerprint density at radius 3 is 1.73 bits per heavy atom. The molecule has 6 aliphatic heterocycles. The first-order chi connectivity index (χ1) is 30.5. The van der Waals surface area contributed by atoms with E-state index in [0.717, 1.165) is 44.9 Å². The van der Waals surface area contributed by atoms with Crippen molar-refractivity contribution in [1.29, 1.82) is 0 Å². The van der Waals surface area contributed by atoms with Gasteiger partial charge in [-0.2, -0.15) is 0 Å². The summed E-state index contributed by atoms with van der Waals surface area (Å²) in [5.74, 6) is 0.691. The lowest BCUT2D eigenvalue weighted by Crippen LogP contribution is -2.58. The van der Waals surface area contributed by atoms with Crippen LogP contribution in [-0.4, -0.2) is 160 Å². The quantitative estimate of drug-likeness (QED) is 0.266. The number of fused-ring (bicyclic) bond motifs is 5. The Hall–Kier alpha value is -0.930. The lowest BCUT2D eigenvalue weighted by molar-refractivity contribution is -0.347. The summed E-state index contributed by atoms with van der Waals surface area (Å²) in [4.78, 5) is 13.4. The molecule has 3 aliphatic carbocycles. The van der Waals surface area contributed by atoms with Crippen molar-refractivity contribution in [2.75, 3.05) is 21.3 Å². The number of hydrogen-bond acceptors (Lipinski definition) is 16. The van der Waals surface area contributed by atoms with E-state index in [1.54, 1.807) is 28.3 Å². The highest BCUT2D eigenvalue weighted by Crippen LogP contribution is 2.67. The van der Waals surface area contributed by atoms with Gasteiger partial charge in [0.15, 0.2) is 30.9 Å². The van der Waals surface area contributed by atoms with E-state index in [2.05, 4.69) is 20.8 Å². The highest BCUT2D eigenvalue weighted by molar-refractivity contribution is 5.88. The van der Waals surface area contributed by atoms with Crippen LogP contribution < -0.4 is 0 Å². The number of ketones is 1. The molecule has 2 bridgehead atoms. The van der Waals surface area contributed by atoms with Gasteiger partial charge in [0.05, 0.1) is 72.6 Å². The Morgan fingerprint density at radius 1 is 0.578 bits per heavy atom. The van der Waals surface area contributed by atoms with Crippen molar-refractivity contribution in [2.24, 2.45) is 28.6 Å². The number of rotatable bonds is 11. The van der Waals surface area contributed by atoms with Crippen molar-refractivity contribution in [2.45, 2.75) is 248 Å². The minimum Gasteiger partial charge on any atom is -0.390 e. The molecule has 9 fully saturated rings. The maximum atomic E-state index is 13.4. The molecule has 6 heterocycles. The zero-order chi connectivity index (χ0) is 45.5. The van der Waals surface area contributed by atoms with Crippen LogP contribution in [-0.2, 0) is 66.4 Å². The van der Waals surface area contributed by atoms with Crippen LogP contribution in [0.5, 0.6) is 0 Å². The second-order valence-corrected chi connectivity index (χ2v) is 21.4. The van der Waals surface area contributed by atoms with Crippen molar-refractivity contribution < 1.29 is 76.6 Å². The van der Waals surface area contributed by atoms with E-state index in [0.29, 0.717) is 37.4 Å². The van der Waals surface area contributed by atoms with Crippen LogP contribution in [0.2, 0.25) is 0 Å². The number of hydrogen-bond donors (Lipinski definition) is 2. The predicted molar refractivity (Wildman–Crippen MR) is 226 cm³/mol. The summed E-state index contributed by atoms with van der Waals surface area (Å²) < 4.78 is 82.6. The van der Waals surface area contributed by atoms with Gasteiger partial charge in [0.25, 0.3) is 0 Å². The molecule has 25 atom stereocenters. The monoisotopic (exact) mass is 911 g/mol. The van der Waals surface area contributed by atoms with Crippen LogP contribution in [0.4, 0.5) is 0 Å². The molecule has 6 saturated heterocycles. The Bertz CT molecular complexity index is 1610. The van der Waals surface area contributed by atoms with Crippen LogP contribution in [0.3, 0.4) is 0 Å². The molecular weight excluding hydrogens is 833 g/mol. The summed E-state index contributed by atoms with van der Waals surface area (Å²) in [6.07, 6.45) is 0.153. The first-order valence-electron chi connectivity index (χ1n) is 24.6. The molecule has 2 N–H and O–H groups in total. The van der Waals surface area contributed by atoms with Gasteiger partial charge in [0.1, 0.15) is 30.2 Å². The number of aliphatic hydroxyl groups is 2. The number of carbonyl (C=O) groups excluding carboxylic acids is 1. The fourth-order valence-electron chi connectivity index (χ4n) is 14.1. The second-order valence-electron chi connectivity index (χ2n) is 21.4. The average molecular weight is 911 g/mol. The van der Waals surface area contributed by atoms with Crippen LogP contribution in [0.1, 0.15) is 126 Å². The first kappa shape index (κ1) is 48.1. The van der Waals surface area contributed by atoms with E-state index in [1.165, 1.54) is 0 Å². The summed E-state index contributed by atoms with van der Waals surface area (Å²) in [5.41, 5.74) is -0.423. The summed E-state index contributed by atoms with van der Waals surface area (Å²) in [5, 5.41) is 21.6. The lowest BCUT2D eigenvalue weighted by atomic mass is 9.52. The smallest absolute Gasteiger partial charge is 0.172 e. The third kappa shape index (κ3) is 8.60. The molecule has 0 aromatic heterocycles. The van der Waals surface area contributed by atoms with Crippen molar-refractivity contribution in [3.63, 3.8) is 0 Å². The summed E-state index contributed by atoms with van der Waals surface area (Å²) in [6, 6.07) is 0. The highest BCUT2D eigenvalue weighted by atomic mass is 16.8. The van der Waals surface area contributed by atoms with Crippen LogP contribution in [0.25, 0.3) is 0 Å². The molecule has 1 spiro atoms. The lowest BCUT2D eigenvalue weighted by Gasteiger charge is -2.57. The van der Waals surface area contributed by atoms with Gasteiger partial charge in [0.2, 0.25) is 0 Å². The topological polar surface area (TPSA) is 178 Å². The molecule has 366 valence electrons. The number of carbonyl (C=O) groups is 1. The number of aliphatic hydroxyl groups excluding tert-OH is 2. The van der Waals surface area contributed by atoms with Crippen LogP contribution in [0, 0.1) is 28.6 Å². The van der Waals surface area contributed by atoms with Gasteiger partial charge in [-0.25, -0.2) is 0 Å². The standard InChI is InChI=1S/C48H78O16/c1-23-30-11-12-36(50)47(30,7)37-22-35-46(6)15-14-29(17-28(46)13-16-48(35,63-23)64-37)59-39-20-33(53-9)45(26(4)57-39)62-41-21-34(54-10)44(27(5)58-41)61-38-18-31(49)43(25(3)56-38)60-40-19-32(52-8)42(51)24(2)55-40/h23-35,37-45,49,51H,11-22H2,1-10H3/t23-,24+,25+,26+,27+,28-,29-,30-,31-,32-,33+,34+,35+,37+,38-,39-,40-,41-,42+,43+,44+,45+,46-,47+,48-/m0/s1. The Morgan fingerprint density at radius 2 is 1.12 bits per heavy atom. The van der Waals surface area contributed by atoms with Gasteiger partial charge >= 0.3 is 0 Å². The third-order valence-electron chi connectivity index (χ3n) is 17.8. The summed E-state index contributed by atoms with van der Waals surface area (Å²) in [7, 11) is 4.90. The van der Waals surface area contributed by atoms with E-state index in [1.807, 2.05) is 20.8 Å². The van der Waals surface area contributed by atoms with Gasteiger partial charge in [-0.3, -0.25) is 4.79 Å². The second kappa shape index (κ2) is 18.8. The van der Waals surface area contributed by atoms with Crippen molar-refractivity contribution in [3.05, 3.63) is 0 Å². The average Bonchev–Trinajstić information content (AvgIpc) is 3.77. The molecule has 0 aromatic carbocycles.